The van der Waals surface area contributed by atoms with Gasteiger partial charge in [0.1, 0.15) is 17.0 Å². The largest absolute Gasteiger partial charge is 0.379 e. The van der Waals surface area contributed by atoms with Gasteiger partial charge in [-0.2, -0.15) is 24.2 Å². The van der Waals surface area contributed by atoms with E-state index in [1.165, 1.54) is 68.4 Å². The van der Waals surface area contributed by atoms with Crippen molar-refractivity contribution in [1.29, 1.82) is 0 Å². The van der Waals surface area contributed by atoms with E-state index in [2.05, 4.69) is 25.5 Å². The minimum Gasteiger partial charge on any atom is -0.379 e. The van der Waals surface area contributed by atoms with Gasteiger partial charge in [-0.15, -0.1) is 0 Å². The van der Waals surface area contributed by atoms with Crippen LogP contribution in [0.4, 0.5) is 10.2 Å². The number of hydrogen-bond donors (Lipinski definition) is 2. The summed E-state index contributed by atoms with van der Waals surface area (Å²) in [6.45, 7) is 2.89. The van der Waals surface area contributed by atoms with Crippen molar-refractivity contribution in [2.75, 3.05) is 31.6 Å². The zero-order valence-corrected chi connectivity index (χ0v) is 22.4. The highest BCUT2D eigenvalue weighted by Crippen LogP contribution is 2.21. The zero-order chi connectivity index (χ0) is 28.7. The second-order valence-electron chi connectivity index (χ2n) is 9.24. The van der Waals surface area contributed by atoms with Gasteiger partial charge in [-0.25, -0.2) is 17.5 Å². The number of H-pyrrole nitrogens is 1. The van der Waals surface area contributed by atoms with Crippen molar-refractivity contribution in [1.82, 2.24) is 33.8 Å². The molecule has 6 rings (SSSR count). The number of nitrogens with zero attached hydrogens (tertiary/aromatic N) is 6. The molecule has 3 aromatic heterocycles. The number of amides is 1. The summed E-state index contributed by atoms with van der Waals surface area (Å²) in [5.74, 6) is -0.715. The Morgan fingerprint density at radius 2 is 1.76 bits per heavy atom. The topological polar surface area (TPSA) is 157 Å². The smallest absolute Gasteiger partial charge is 0.263 e. The predicted molar refractivity (Wildman–Crippen MR) is 145 cm³/mol. The number of anilines is 1. The SMILES string of the molecule is Cc1cc(NC(=O)c2ccc(S(=O)(=O)N3CCOCC3)cc2)n(-c2nc3c(cnn3-c3ccc(F)cc3)c(=O)[nH]2)n1. The molecule has 4 heterocycles. The van der Waals surface area contributed by atoms with Gasteiger partial charge >= 0.3 is 0 Å². The minimum atomic E-state index is -3.71. The van der Waals surface area contributed by atoms with E-state index < -0.39 is 27.3 Å². The molecule has 0 aliphatic carbocycles. The average Bonchev–Trinajstić information content (AvgIpc) is 3.57. The van der Waals surface area contributed by atoms with E-state index in [0.29, 0.717) is 24.6 Å². The van der Waals surface area contributed by atoms with Crippen LogP contribution in [0.1, 0.15) is 16.1 Å². The molecule has 13 nitrogen and oxygen atoms in total. The normalized spacial score (nSPS) is 14.4. The molecule has 210 valence electrons. The van der Waals surface area contributed by atoms with Gasteiger partial charge in [-0.3, -0.25) is 14.6 Å². The quantitative estimate of drug-likeness (QED) is 0.310. The molecule has 1 amide bonds. The number of sulfonamides is 1. The van der Waals surface area contributed by atoms with Crippen molar-refractivity contribution in [3.05, 3.63) is 88.2 Å². The number of aromatic nitrogens is 6. The number of aromatic amines is 1. The molecule has 2 aromatic carbocycles. The number of nitrogens with one attached hydrogen (secondary N) is 2. The number of morpholine rings is 1. The van der Waals surface area contributed by atoms with E-state index in [9.17, 15) is 22.4 Å². The number of carbonyl (C=O) groups is 1. The van der Waals surface area contributed by atoms with Crippen LogP contribution in [-0.4, -0.2) is 74.5 Å². The number of benzene rings is 2. The Balaban J connectivity index is 1.29. The molecule has 0 atom stereocenters. The first-order valence-electron chi connectivity index (χ1n) is 12.5. The lowest BCUT2D eigenvalue weighted by Crippen LogP contribution is -2.40. The Bertz CT molecular complexity index is 1930. The van der Waals surface area contributed by atoms with E-state index >= 15 is 0 Å². The Labute approximate surface area is 232 Å². The van der Waals surface area contributed by atoms with Gasteiger partial charge in [-0.05, 0) is 55.5 Å². The van der Waals surface area contributed by atoms with Gasteiger partial charge in [0.15, 0.2) is 5.65 Å². The van der Waals surface area contributed by atoms with Gasteiger partial charge in [0.25, 0.3) is 11.5 Å². The van der Waals surface area contributed by atoms with Crippen LogP contribution >= 0.6 is 0 Å². The third-order valence-electron chi connectivity index (χ3n) is 6.49. The Morgan fingerprint density at radius 1 is 1.05 bits per heavy atom. The standard InChI is InChI=1S/C26H23FN8O5S/c1-16-14-22(29-24(36)17-2-8-20(9-3-17)41(38,39)33-10-12-40-13-11-33)35(32-16)26-30-23-21(25(37)31-26)15-28-34(23)19-6-4-18(27)5-7-19/h2-9,14-15H,10-13H2,1H3,(H,29,36)(H,30,31,37). The molecule has 0 radical (unpaired) electrons. The zero-order valence-electron chi connectivity index (χ0n) is 21.6. The number of aryl methyl sites for hydroxylation is 1. The fourth-order valence-corrected chi connectivity index (χ4v) is 5.84. The molecule has 15 heteroatoms. The van der Waals surface area contributed by atoms with E-state index in [4.69, 9.17) is 4.74 Å². The van der Waals surface area contributed by atoms with Gasteiger partial charge < -0.3 is 10.1 Å². The first kappa shape index (κ1) is 26.5. The Morgan fingerprint density at radius 3 is 2.46 bits per heavy atom. The second kappa shape index (κ2) is 10.3. The highest BCUT2D eigenvalue weighted by molar-refractivity contribution is 7.89. The first-order chi connectivity index (χ1) is 19.7. The molecule has 2 N–H and O–H groups in total. The maximum Gasteiger partial charge on any atom is 0.263 e. The van der Waals surface area contributed by atoms with Crippen LogP contribution in [0.25, 0.3) is 22.7 Å². The molecule has 1 aliphatic rings. The summed E-state index contributed by atoms with van der Waals surface area (Å²) >= 11 is 0. The summed E-state index contributed by atoms with van der Waals surface area (Å²) < 4.78 is 48.5. The van der Waals surface area contributed by atoms with E-state index in [1.807, 2.05) is 0 Å². The average molecular weight is 579 g/mol. The third-order valence-corrected chi connectivity index (χ3v) is 8.41. The number of rotatable bonds is 6. The second-order valence-corrected chi connectivity index (χ2v) is 11.2. The highest BCUT2D eigenvalue weighted by atomic mass is 32.2. The van der Waals surface area contributed by atoms with Crippen molar-refractivity contribution < 1.29 is 22.3 Å². The Hall–Kier alpha value is -4.73. The molecule has 1 fully saturated rings. The maximum atomic E-state index is 13.4. The van der Waals surface area contributed by atoms with E-state index in [-0.39, 0.29) is 46.3 Å². The predicted octanol–water partition coefficient (Wildman–Crippen LogP) is 2.02. The summed E-state index contributed by atoms with van der Waals surface area (Å²) in [5.41, 5.74) is 0.957. The molecular weight excluding hydrogens is 555 g/mol. The van der Waals surface area contributed by atoms with Crippen LogP contribution in [-0.2, 0) is 14.8 Å². The lowest BCUT2D eigenvalue weighted by atomic mass is 10.2. The molecule has 0 saturated carbocycles. The van der Waals surface area contributed by atoms with Crippen molar-refractivity contribution >= 4 is 32.8 Å². The van der Waals surface area contributed by atoms with Crippen LogP contribution in [0.15, 0.2) is 70.5 Å². The van der Waals surface area contributed by atoms with E-state index in [0.717, 1.165) is 0 Å². The molecule has 0 unspecified atom stereocenters. The fraction of sp³-hybridized carbons (Fsp3) is 0.192. The van der Waals surface area contributed by atoms with Crippen LogP contribution in [0.2, 0.25) is 0 Å². The van der Waals surface area contributed by atoms with Crippen molar-refractivity contribution in [2.45, 2.75) is 11.8 Å². The molecule has 0 bridgehead atoms. The number of fused-ring (bicyclic) bond motifs is 1. The summed E-state index contributed by atoms with van der Waals surface area (Å²) in [6, 6.07) is 12.7. The number of halogens is 1. The summed E-state index contributed by atoms with van der Waals surface area (Å²) in [5, 5.41) is 11.5. The molecular formula is C26H23FN8O5S. The van der Waals surface area contributed by atoms with Crippen LogP contribution < -0.4 is 10.9 Å². The molecule has 1 saturated heterocycles. The van der Waals surface area contributed by atoms with Crippen LogP contribution in [0.5, 0.6) is 0 Å². The first-order valence-corrected chi connectivity index (χ1v) is 13.9. The number of hydrogen-bond acceptors (Lipinski definition) is 8. The van der Waals surface area contributed by atoms with Crippen molar-refractivity contribution in [3.8, 4) is 11.6 Å². The van der Waals surface area contributed by atoms with Crippen LogP contribution in [0, 0.1) is 12.7 Å². The fourth-order valence-electron chi connectivity index (χ4n) is 4.43. The maximum absolute atomic E-state index is 13.4. The monoisotopic (exact) mass is 578 g/mol. The highest BCUT2D eigenvalue weighted by Gasteiger charge is 2.26. The van der Waals surface area contributed by atoms with Gasteiger partial charge in [0, 0.05) is 24.7 Å². The van der Waals surface area contributed by atoms with Crippen LogP contribution in [0.3, 0.4) is 0 Å². The van der Waals surface area contributed by atoms with Gasteiger partial charge in [-0.1, -0.05) is 0 Å². The molecule has 1 aliphatic heterocycles. The van der Waals surface area contributed by atoms with E-state index in [1.54, 1.807) is 13.0 Å². The lowest BCUT2D eigenvalue weighted by molar-refractivity contribution is 0.0730. The summed E-state index contributed by atoms with van der Waals surface area (Å²) in [6.07, 6.45) is 1.36. The van der Waals surface area contributed by atoms with Crippen molar-refractivity contribution in [2.24, 2.45) is 0 Å². The number of ether oxygens (including phenoxy) is 1. The Kier molecular flexibility index (Phi) is 6.69. The third kappa shape index (κ3) is 5.01. The molecule has 0 spiro atoms. The van der Waals surface area contributed by atoms with Crippen molar-refractivity contribution in [3.63, 3.8) is 0 Å². The molecule has 41 heavy (non-hydrogen) atoms. The molecule has 5 aromatic rings. The number of carbonyl (C=O) groups excluding carboxylic acids is 1. The summed E-state index contributed by atoms with van der Waals surface area (Å²) in [4.78, 5) is 33.2. The van der Waals surface area contributed by atoms with Gasteiger partial charge in [0.05, 0.1) is 35.7 Å². The van der Waals surface area contributed by atoms with Gasteiger partial charge in [0.2, 0.25) is 16.0 Å². The lowest BCUT2D eigenvalue weighted by Gasteiger charge is -2.26. The summed E-state index contributed by atoms with van der Waals surface area (Å²) in [7, 11) is -3.71. The minimum absolute atomic E-state index is 0.0155.